The monoisotopic (exact) mass is 244 g/mol. The lowest BCUT2D eigenvalue weighted by Gasteiger charge is -2.07. The number of rotatable bonds is 3. The van der Waals surface area contributed by atoms with Gasteiger partial charge in [-0.25, -0.2) is 9.97 Å². The molecule has 0 bridgehead atoms. The highest BCUT2D eigenvalue weighted by molar-refractivity contribution is 6.05. The fourth-order valence-electron chi connectivity index (χ4n) is 1.40. The number of nitrogens with two attached hydrogens (primary N) is 1. The molecule has 0 aromatic carbocycles. The van der Waals surface area contributed by atoms with Gasteiger partial charge in [-0.15, -0.1) is 0 Å². The summed E-state index contributed by atoms with van der Waals surface area (Å²) in [5.74, 6) is 0.358. The van der Waals surface area contributed by atoms with Crippen molar-refractivity contribution in [2.75, 3.05) is 18.2 Å². The van der Waals surface area contributed by atoms with E-state index >= 15 is 0 Å². The first-order valence-corrected chi connectivity index (χ1v) is 5.22. The van der Waals surface area contributed by atoms with E-state index in [9.17, 15) is 4.79 Å². The van der Waals surface area contributed by atoms with Crippen LogP contribution in [0.4, 0.5) is 11.5 Å². The van der Waals surface area contributed by atoms with E-state index in [1.54, 1.807) is 30.5 Å². The van der Waals surface area contributed by atoms with Crippen LogP contribution in [-0.2, 0) is 0 Å². The first-order chi connectivity index (χ1) is 8.70. The van der Waals surface area contributed by atoms with E-state index < -0.39 is 0 Å². The molecule has 0 fully saturated rings. The van der Waals surface area contributed by atoms with Gasteiger partial charge in [0.15, 0.2) is 0 Å². The molecule has 2 aromatic rings. The highest BCUT2D eigenvalue weighted by Gasteiger charge is 2.12. The quantitative estimate of drug-likeness (QED) is 0.849. The predicted octanol–water partition coefficient (Wildman–Crippen LogP) is 1.32. The third-order valence-corrected chi connectivity index (χ3v) is 2.25. The number of hydrogen-bond acceptors (Lipinski definition) is 5. The lowest BCUT2D eigenvalue weighted by molar-refractivity contribution is 0.102. The summed E-state index contributed by atoms with van der Waals surface area (Å²) in [5, 5.41) is 2.68. The topological polar surface area (TPSA) is 90.1 Å². The second kappa shape index (κ2) is 5.13. The molecule has 0 saturated carbocycles. The Hall–Kier alpha value is -2.63. The largest absolute Gasteiger partial charge is 0.480 e. The number of amides is 1. The van der Waals surface area contributed by atoms with E-state index in [1.165, 1.54) is 13.3 Å². The van der Waals surface area contributed by atoms with E-state index in [-0.39, 0.29) is 11.8 Å². The van der Waals surface area contributed by atoms with Gasteiger partial charge in [0.2, 0.25) is 5.88 Å². The summed E-state index contributed by atoms with van der Waals surface area (Å²) in [6, 6.07) is 6.57. The highest BCUT2D eigenvalue weighted by atomic mass is 16.5. The lowest BCUT2D eigenvalue weighted by Crippen LogP contribution is -2.14. The van der Waals surface area contributed by atoms with Gasteiger partial charge >= 0.3 is 0 Å². The number of pyridine rings is 2. The molecule has 0 aliphatic carbocycles. The first-order valence-electron chi connectivity index (χ1n) is 5.22. The van der Waals surface area contributed by atoms with E-state index in [0.717, 1.165) is 0 Å². The van der Waals surface area contributed by atoms with E-state index in [2.05, 4.69) is 15.3 Å². The molecule has 2 rings (SSSR count). The van der Waals surface area contributed by atoms with Gasteiger partial charge in [-0.2, -0.15) is 0 Å². The molecule has 0 radical (unpaired) electrons. The molecule has 0 atom stereocenters. The molecule has 0 aliphatic rings. The van der Waals surface area contributed by atoms with Gasteiger partial charge in [-0.1, -0.05) is 0 Å². The lowest BCUT2D eigenvalue weighted by atomic mass is 10.2. The maximum atomic E-state index is 12.0. The molecule has 2 heterocycles. The Labute approximate surface area is 104 Å². The van der Waals surface area contributed by atoms with Crippen molar-refractivity contribution in [1.29, 1.82) is 0 Å². The number of carbonyl (C=O) groups is 1. The molecule has 0 spiro atoms. The fourth-order valence-corrected chi connectivity index (χ4v) is 1.40. The maximum Gasteiger partial charge on any atom is 0.261 e. The van der Waals surface area contributed by atoms with Gasteiger partial charge < -0.3 is 15.8 Å². The van der Waals surface area contributed by atoms with Crippen LogP contribution in [0.5, 0.6) is 5.88 Å². The molecule has 6 nitrogen and oxygen atoms in total. The number of carbonyl (C=O) groups excluding carboxylic acids is 1. The van der Waals surface area contributed by atoms with Crippen LogP contribution in [0.3, 0.4) is 0 Å². The second-order valence-electron chi connectivity index (χ2n) is 3.49. The summed E-state index contributed by atoms with van der Waals surface area (Å²) >= 11 is 0. The molecule has 3 N–H and O–H groups in total. The van der Waals surface area contributed by atoms with Gasteiger partial charge in [-0.05, 0) is 24.3 Å². The van der Waals surface area contributed by atoms with Gasteiger partial charge in [-0.3, -0.25) is 4.79 Å². The summed E-state index contributed by atoms with van der Waals surface area (Å²) in [7, 11) is 1.46. The SMILES string of the molecule is COc1ncccc1C(=O)Nc1ccc(N)nc1. The molecule has 92 valence electrons. The Morgan fingerprint density at radius 2 is 2.17 bits per heavy atom. The average Bonchev–Trinajstić information content (AvgIpc) is 2.41. The molecule has 6 heteroatoms. The van der Waals surface area contributed by atoms with Crippen LogP contribution >= 0.6 is 0 Å². The van der Waals surface area contributed by atoms with Crippen LogP contribution < -0.4 is 15.8 Å². The van der Waals surface area contributed by atoms with Crippen LogP contribution in [0.1, 0.15) is 10.4 Å². The van der Waals surface area contributed by atoms with Crippen molar-refractivity contribution in [3.63, 3.8) is 0 Å². The van der Waals surface area contributed by atoms with Crippen molar-refractivity contribution in [3.8, 4) is 5.88 Å². The summed E-state index contributed by atoms with van der Waals surface area (Å²) in [4.78, 5) is 19.8. The van der Waals surface area contributed by atoms with Crippen LogP contribution in [0.25, 0.3) is 0 Å². The fraction of sp³-hybridized carbons (Fsp3) is 0.0833. The Morgan fingerprint density at radius 3 is 2.83 bits per heavy atom. The minimum Gasteiger partial charge on any atom is -0.480 e. The Morgan fingerprint density at radius 1 is 1.33 bits per heavy atom. The Kier molecular flexibility index (Phi) is 3.38. The zero-order valence-electron chi connectivity index (χ0n) is 9.75. The molecule has 0 saturated heterocycles. The number of hydrogen-bond donors (Lipinski definition) is 2. The summed E-state index contributed by atoms with van der Waals surface area (Å²) in [6.45, 7) is 0. The van der Waals surface area contributed by atoms with Crippen molar-refractivity contribution in [2.24, 2.45) is 0 Å². The predicted molar refractivity (Wildman–Crippen MR) is 67.4 cm³/mol. The maximum absolute atomic E-state index is 12.0. The smallest absolute Gasteiger partial charge is 0.261 e. The van der Waals surface area contributed by atoms with Crippen molar-refractivity contribution < 1.29 is 9.53 Å². The Bertz CT molecular complexity index is 554. The normalized spacial score (nSPS) is 9.83. The van der Waals surface area contributed by atoms with Crippen molar-refractivity contribution >= 4 is 17.4 Å². The molecule has 2 aromatic heterocycles. The molecule has 0 unspecified atom stereocenters. The van der Waals surface area contributed by atoms with Gasteiger partial charge in [0, 0.05) is 6.20 Å². The van der Waals surface area contributed by atoms with Gasteiger partial charge in [0.1, 0.15) is 11.4 Å². The molecular formula is C12H12N4O2. The Balaban J connectivity index is 2.19. The molecule has 18 heavy (non-hydrogen) atoms. The van der Waals surface area contributed by atoms with E-state index in [4.69, 9.17) is 10.5 Å². The number of anilines is 2. The van der Waals surface area contributed by atoms with Crippen molar-refractivity contribution in [1.82, 2.24) is 9.97 Å². The standard InChI is InChI=1S/C12H12N4O2/c1-18-12-9(3-2-6-14-12)11(17)16-8-4-5-10(13)15-7-8/h2-7H,1H3,(H2,13,15)(H,16,17). The zero-order valence-corrected chi connectivity index (χ0v) is 9.75. The third-order valence-electron chi connectivity index (χ3n) is 2.25. The van der Waals surface area contributed by atoms with Gasteiger partial charge in [0.05, 0.1) is 19.0 Å². The molecule has 0 aliphatic heterocycles. The second-order valence-corrected chi connectivity index (χ2v) is 3.49. The third kappa shape index (κ3) is 2.54. The molecular weight excluding hydrogens is 232 g/mol. The average molecular weight is 244 g/mol. The highest BCUT2D eigenvalue weighted by Crippen LogP contribution is 2.16. The summed E-state index contributed by atoms with van der Waals surface area (Å²) in [5.41, 5.74) is 6.37. The number of aromatic nitrogens is 2. The zero-order chi connectivity index (χ0) is 13.0. The number of ether oxygens (including phenoxy) is 1. The van der Waals surface area contributed by atoms with Crippen LogP contribution in [0.15, 0.2) is 36.7 Å². The minimum absolute atomic E-state index is 0.276. The van der Waals surface area contributed by atoms with Gasteiger partial charge in [0.25, 0.3) is 5.91 Å². The summed E-state index contributed by atoms with van der Waals surface area (Å²) < 4.78 is 5.02. The number of nitrogen functional groups attached to an aromatic ring is 1. The summed E-state index contributed by atoms with van der Waals surface area (Å²) in [6.07, 6.45) is 3.04. The van der Waals surface area contributed by atoms with Crippen LogP contribution in [-0.4, -0.2) is 23.0 Å². The van der Waals surface area contributed by atoms with Crippen molar-refractivity contribution in [2.45, 2.75) is 0 Å². The van der Waals surface area contributed by atoms with Crippen LogP contribution in [0, 0.1) is 0 Å². The van der Waals surface area contributed by atoms with E-state index in [1.807, 2.05) is 0 Å². The molecule has 1 amide bonds. The number of nitrogens with zero attached hydrogens (tertiary/aromatic N) is 2. The van der Waals surface area contributed by atoms with Crippen LogP contribution in [0.2, 0.25) is 0 Å². The number of methoxy groups -OCH3 is 1. The first kappa shape index (κ1) is 11.8. The van der Waals surface area contributed by atoms with Crippen molar-refractivity contribution in [3.05, 3.63) is 42.2 Å². The minimum atomic E-state index is -0.313. The number of nitrogens with one attached hydrogen (secondary N) is 1. The van der Waals surface area contributed by atoms with E-state index in [0.29, 0.717) is 17.1 Å².